The summed E-state index contributed by atoms with van der Waals surface area (Å²) < 4.78 is 25.9. The maximum Gasteiger partial charge on any atom is 0.261 e. The third-order valence-corrected chi connectivity index (χ3v) is 8.14. The molecule has 0 bridgehead atoms. The summed E-state index contributed by atoms with van der Waals surface area (Å²) in [5.74, 6) is 0. The summed E-state index contributed by atoms with van der Waals surface area (Å²) in [4.78, 5) is 2.76. The molecule has 3 N–H and O–H groups in total. The lowest BCUT2D eigenvalue weighted by Gasteiger charge is -2.13. The van der Waals surface area contributed by atoms with E-state index in [0.717, 1.165) is 26.2 Å². The van der Waals surface area contributed by atoms with E-state index < -0.39 is 10.1 Å². The summed E-state index contributed by atoms with van der Waals surface area (Å²) in [6, 6.07) is 26.4. The van der Waals surface area contributed by atoms with Gasteiger partial charge in [-0.25, -0.2) is 0 Å². The number of rotatable bonds is 13. The molecule has 8 heteroatoms. The molecule has 0 saturated heterocycles. The van der Waals surface area contributed by atoms with Crippen LogP contribution < -0.4 is 10.6 Å². The predicted molar refractivity (Wildman–Crippen MR) is 171 cm³/mol. The van der Waals surface area contributed by atoms with E-state index in [-0.39, 0.29) is 0 Å². The van der Waals surface area contributed by atoms with Crippen molar-refractivity contribution in [2.45, 2.75) is 48.6 Å². The predicted octanol–water partition coefficient (Wildman–Crippen LogP) is 7.38. The fourth-order valence-electron chi connectivity index (χ4n) is 4.66. The first-order valence-corrected chi connectivity index (χ1v) is 17.5. The minimum atomic E-state index is -3.67. The van der Waals surface area contributed by atoms with Crippen LogP contribution in [0.25, 0.3) is 21.5 Å². The molecule has 0 aliphatic carbocycles. The highest BCUT2D eigenvalue weighted by atomic mass is 32.2. The summed E-state index contributed by atoms with van der Waals surface area (Å²) in [7, 11) is -3.67. The zero-order valence-electron chi connectivity index (χ0n) is 23.1. The van der Waals surface area contributed by atoms with E-state index in [9.17, 15) is 8.42 Å². The van der Waals surface area contributed by atoms with Gasteiger partial charge in [0.25, 0.3) is 10.1 Å². The van der Waals surface area contributed by atoms with Crippen molar-refractivity contribution in [1.82, 2.24) is 10.6 Å². The van der Waals surface area contributed by atoms with Crippen molar-refractivity contribution in [2.75, 3.05) is 31.9 Å². The van der Waals surface area contributed by atoms with Crippen LogP contribution in [0.4, 0.5) is 0 Å². The van der Waals surface area contributed by atoms with Gasteiger partial charge < -0.3 is 10.6 Å². The Morgan fingerprint density at radius 1 is 0.641 bits per heavy atom. The van der Waals surface area contributed by atoms with Crippen LogP contribution in [-0.4, -0.2) is 44.8 Å². The average molecular weight is 585 g/mol. The second kappa shape index (κ2) is 16.3. The molecule has 0 aliphatic heterocycles. The topological polar surface area (TPSA) is 78.4 Å². The van der Waals surface area contributed by atoms with Crippen LogP contribution in [0.15, 0.2) is 82.6 Å². The molecule has 0 saturated carbocycles. The highest BCUT2D eigenvalue weighted by Crippen LogP contribution is 2.29. The van der Waals surface area contributed by atoms with Crippen LogP contribution in [0.3, 0.4) is 0 Å². The van der Waals surface area contributed by atoms with Crippen molar-refractivity contribution >= 4 is 55.2 Å². The summed E-state index contributed by atoms with van der Waals surface area (Å²) >= 11 is 3.69. The number of hydrogen-bond donors (Lipinski definition) is 3. The lowest BCUT2D eigenvalue weighted by atomic mass is 10.0. The average Bonchev–Trinajstić information content (AvgIpc) is 2.93. The molecule has 5 nitrogen and oxygen atoms in total. The Hall–Kier alpha value is -2.07. The van der Waals surface area contributed by atoms with Gasteiger partial charge in [-0.1, -0.05) is 73.5 Å². The highest BCUT2D eigenvalue weighted by Gasteiger charge is 2.08. The first-order valence-electron chi connectivity index (χ1n) is 13.2. The zero-order chi connectivity index (χ0) is 28.1. The monoisotopic (exact) mass is 584 g/mol. The second-order valence-corrected chi connectivity index (χ2v) is 12.6. The van der Waals surface area contributed by atoms with Crippen molar-refractivity contribution in [2.24, 2.45) is 0 Å². The quantitative estimate of drug-likeness (QED) is 0.0860. The summed E-state index contributed by atoms with van der Waals surface area (Å²) in [5, 5.41) is 12.8. The van der Waals surface area contributed by atoms with Crippen LogP contribution in [0.2, 0.25) is 0 Å². The molecule has 0 radical (unpaired) electrons. The van der Waals surface area contributed by atoms with Crippen LogP contribution >= 0.6 is 23.5 Å². The fraction of sp³-hybridized carbons (Fsp3) is 0.355. The van der Waals surface area contributed by atoms with Gasteiger partial charge in [-0.2, -0.15) is 8.42 Å². The second-order valence-electron chi connectivity index (χ2n) is 9.44. The molecule has 0 aromatic heterocycles. The molecular formula is C31H40N2O3S3. The number of hydrogen-bond acceptors (Lipinski definition) is 6. The summed E-state index contributed by atoms with van der Waals surface area (Å²) in [6.45, 7) is 4.05. The van der Waals surface area contributed by atoms with E-state index in [4.69, 9.17) is 4.55 Å². The van der Waals surface area contributed by atoms with Crippen molar-refractivity contribution in [3.8, 4) is 0 Å². The van der Waals surface area contributed by atoms with Gasteiger partial charge in [0.1, 0.15) is 0 Å². The van der Waals surface area contributed by atoms with Crippen LogP contribution in [0, 0.1) is 0 Å². The molecule has 39 heavy (non-hydrogen) atoms. The van der Waals surface area contributed by atoms with Gasteiger partial charge in [-0.3, -0.25) is 4.55 Å². The molecule has 4 rings (SSSR count). The SMILES string of the molecule is CS(=O)(=O)O.CSc1ccc2ccccc2c1CNCCCCCCNCc1c(SC)ccc2ccccc12. The first-order chi connectivity index (χ1) is 18.8. The van der Waals surface area contributed by atoms with Crippen molar-refractivity contribution in [1.29, 1.82) is 0 Å². The Morgan fingerprint density at radius 3 is 1.41 bits per heavy atom. The number of thioether (sulfide) groups is 2. The first kappa shape index (κ1) is 31.5. The van der Waals surface area contributed by atoms with Crippen LogP contribution in [0.5, 0.6) is 0 Å². The molecule has 0 atom stereocenters. The van der Waals surface area contributed by atoms with E-state index in [1.54, 1.807) is 0 Å². The third kappa shape index (κ3) is 10.4. The Kier molecular flexibility index (Phi) is 13.1. The van der Waals surface area contributed by atoms with Gasteiger partial charge in [0.15, 0.2) is 0 Å². The van der Waals surface area contributed by atoms with Crippen LogP contribution in [-0.2, 0) is 23.2 Å². The Bertz CT molecular complexity index is 1340. The van der Waals surface area contributed by atoms with Gasteiger partial charge in [-0.05, 0) is 83.2 Å². The van der Waals surface area contributed by atoms with Gasteiger partial charge in [0.2, 0.25) is 0 Å². The number of unbranched alkanes of at least 4 members (excludes halogenated alkanes) is 3. The number of nitrogens with one attached hydrogen (secondary N) is 2. The fourth-order valence-corrected chi connectivity index (χ4v) is 5.92. The molecular weight excluding hydrogens is 545 g/mol. The van der Waals surface area contributed by atoms with E-state index in [0.29, 0.717) is 6.26 Å². The summed E-state index contributed by atoms with van der Waals surface area (Å²) in [5.41, 5.74) is 2.88. The Labute approximate surface area is 242 Å². The molecule has 210 valence electrons. The lowest BCUT2D eigenvalue weighted by Crippen LogP contribution is -2.17. The lowest BCUT2D eigenvalue weighted by molar-refractivity contribution is 0.490. The minimum Gasteiger partial charge on any atom is -0.313 e. The molecule has 0 unspecified atom stereocenters. The molecule has 0 aliphatic rings. The van der Waals surface area contributed by atoms with Gasteiger partial charge in [0, 0.05) is 22.9 Å². The summed E-state index contributed by atoms with van der Waals surface area (Å²) in [6.07, 6.45) is 10.1. The zero-order valence-corrected chi connectivity index (χ0v) is 25.5. The molecule has 4 aromatic rings. The van der Waals surface area contributed by atoms with Gasteiger partial charge in [-0.15, -0.1) is 23.5 Å². The molecule has 0 fully saturated rings. The van der Waals surface area contributed by atoms with E-state index >= 15 is 0 Å². The van der Waals surface area contributed by atoms with Gasteiger partial charge >= 0.3 is 0 Å². The standard InChI is InChI=1S/C30H36N2S2.CH4O3S/c1-33-29-17-15-23-11-5-7-13-25(23)27(29)21-31-19-9-3-4-10-20-32-22-28-26-14-8-6-12-24(26)16-18-30(28)34-2;1-5(2,3)4/h5-8,11-18,31-32H,3-4,9-10,19-22H2,1-2H3;1H3,(H,2,3,4). The van der Waals surface area contributed by atoms with Crippen molar-refractivity contribution < 1.29 is 13.0 Å². The van der Waals surface area contributed by atoms with E-state index in [1.807, 2.05) is 23.5 Å². The Balaban J connectivity index is 0.000000771. The van der Waals surface area contributed by atoms with Crippen LogP contribution in [0.1, 0.15) is 36.8 Å². The molecule has 0 heterocycles. The minimum absolute atomic E-state index is 0.715. The van der Waals surface area contributed by atoms with E-state index in [2.05, 4.69) is 95.9 Å². The van der Waals surface area contributed by atoms with Crippen molar-refractivity contribution in [3.05, 3.63) is 83.9 Å². The van der Waals surface area contributed by atoms with Gasteiger partial charge in [0.05, 0.1) is 6.26 Å². The normalized spacial score (nSPS) is 11.5. The number of fused-ring (bicyclic) bond motifs is 2. The maximum absolute atomic E-state index is 9.19. The molecule has 0 spiro atoms. The smallest absolute Gasteiger partial charge is 0.261 e. The molecule has 4 aromatic carbocycles. The third-order valence-electron chi connectivity index (χ3n) is 6.50. The highest BCUT2D eigenvalue weighted by molar-refractivity contribution is 7.98. The number of benzene rings is 4. The largest absolute Gasteiger partial charge is 0.313 e. The van der Waals surface area contributed by atoms with Crippen molar-refractivity contribution in [3.63, 3.8) is 0 Å². The maximum atomic E-state index is 9.19. The Morgan fingerprint density at radius 2 is 1.03 bits per heavy atom. The van der Waals surface area contributed by atoms with E-state index in [1.165, 1.54) is 68.1 Å². The molecule has 0 amide bonds.